The summed E-state index contributed by atoms with van der Waals surface area (Å²) in [4.78, 5) is 0. The van der Waals surface area contributed by atoms with Crippen molar-refractivity contribution < 1.29 is 9.63 Å². The zero-order chi connectivity index (χ0) is 16.7. The van der Waals surface area contributed by atoms with Crippen molar-refractivity contribution in [2.75, 3.05) is 13.2 Å². The van der Waals surface area contributed by atoms with Gasteiger partial charge in [0.15, 0.2) is 0 Å². The molecule has 2 nitrogen and oxygen atoms in total. The first-order valence-electron chi connectivity index (χ1n) is 8.16. The van der Waals surface area contributed by atoms with Crippen LogP contribution in [-0.4, -0.2) is 13.2 Å². The van der Waals surface area contributed by atoms with Crippen molar-refractivity contribution in [1.82, 2.24) is 0 Å². The molecule has 0 spiro atoms. The molecule has 0 aliphatic rings. The SMILES string of the molecule is [O-]CCCO[P+](c1ccccc1)(c1ccccc1)c1ccccc1. The van der Waals surface area contributed by atoms with Gasteiger partial charge in [0, 0.05) is 0 Å². The number of hydrogen-bond donors (Lipinski definition) is 0. The second kappa shape index (κ2) is 8.21. The Morgan fingerprint density at radius 2 is 1.00 bits per heavy atom. The molecule has 0 saturated heterocycles. The van der Waals surface area contributed by atoms with Crippen LogP contribution in [0, 0.1) is 0 Å². The quantitative estimate of drug-likeness (QED) is 0.491. The van der Waals surface area contributed by atoms with E-state index in [1.54, 1.807) is 0 Å². The van der Waals surface area contributed by atoms with Crippen LogP contribution in [0.15, 0.2) is 91.0 Å². The van der Waals surface area contributed by atoms with Gasteiger partial charge in [0.1, 0.15) is 15.9 Å². The van der Waals surface area contributed by atoms with Crippen LogP contribution in [0.25, 0.3) is 0 Å². The van der Waals surface area contributed by atoms with Gasteiger partial charge in [-0.25, -0.2) is 4.52 Å². The number of benzene rings is 3. The third-order valence-electron chi connectivity index (χ3n) is 3.93. The lowest BCUT2D eigenvalue weighted by Crippen LogP contribution is -2.33. The van der Waals surface area contributed by atoms with Gasteiger partial charge in [0.25, 0.3) is 0 Å². The van der Waals surface area contributed by atoms with E-state index in [-0.39, 0.29) is 6.61 Å². The molecule has 0 amide bonds. The van der Waals surface area contributed by atoms with Crippen molar-refractivity contribution in [2.24, 2.45) is 0 Å². The second-order valence-corrected chi connectivity index (χ2v) is 8.53. The van der Waals surface area contributed by atoms with Crippen LogP contribution >= 0.6 is 7.49 Å². The maximum atomic E-state index is 11.0. The molecule has 3 aromatic rings. The first-order chi connectivity index (χ1) is 11.9. The van der Waals surface area contributed by atoms with E-state index in [9.17, 15) is 5.11 Å². The summed E-state index contributed by atoms with van der Waals surface area (Å²) in [5.41, 5.74) is 0. The molecule has 0 aliphatic heterocycles. The molecular weight excluding hydrogens is 315 g/mol. The average molecular weight is 336 g/mol. The molecular formula is C21H21O2P. The average Bonchev–Trinajstić information content (AvgIpc) is 2.68. The normalized spacial score (nSPS) is 11.4. The molecule has 0 saturated carbocycles. The Bertz CT molecular complexity index is 633. The minimum absolute atomic E-state index is 0.113. The lowest BCUT2D eigenvalue weighted by Gasteiger charge is -2.26. The Morgan fingerprint density at radius 1 is 0.625 bits per heavy atom. The number of rotatable bonds is 7. The Hall–Kier alpha value is -1.99. The van der Waals surface area contributed by atoms with E-state index in [0.717, 1.165) is 0 Å². The van der Waals surface area contributed by atoms with E-state index in [0.29, 0.717) is 13.0 Å². The maximum Gasteiger partial charge on any atom is 0.242 e. The lowest BCUT2D eigenvalue weighted by atomic mass is 10.4. The molecule has 0 heterocycles. The van der Waals surface area contributed by atoms with E-state index in [2.05, 4.69) is 36.4 Å². The zero-order valence-electron chi connectivity index (χ0n) is 13.5. The molecule has 0 radical (unpaired) electrons. The summed E-state index contributed by atoms with van der Waals surface area (Å²) in [6, 6.07) is 31.1. The first kappa shape index (κ1) is 16.9. The van der Waals surface area contributed by atoms with Gasteiger partial charge in [-0.3, -0.25) is 0 Å². The van der Waals surface area contributed by atoms with E-state index in [1.165, 1.54) is 15.9 Å². The Kier molecular flexibility index (Phi) is 5.77. The van der Waals surface area contributed by atoms with Crippen molar-refractivity contribution >= 4 is 23.4 Å². The number of hydrogen-bond acceptors (Lipinski definition) is 2. The van der Waals surface area contributed by atoms with Crippen LogP contribution in [0.5, 0.6) is 0 Å². The molecule has 3 rings (SSSR count). The summed E-state index contributed by atoms with van der Waals surface area (Å²) in [6.45, 7) is 0.355. The summed E-state index contributed by atoms with van der Waals surface area (Å²) in [5.74, 6) is 0. The fourth-order valence-electron chi connectivity index (χ4n) is 2.84. The Labute approximate surface area is 144 Å². The molecule has 122 valence electrons. The van der Waals surface area contributed by atoms with Crippen molar-refractivity contribution in [2.45, 2.75) is 6.42 Å². The van der Waals surface area contributed by atoms with Gasteiger partial charge in [-0.1, -0.05) is 54.6 Å². The van der Waals surface area contributed by atoms with Gasteiger partial charge in [-0.05, 0) is 42.8 Å². The molecule has 0 aliphatic carbocycles. The topological polar surface area (TPSA) is 32.3 Å². The Balaban J connectivity index is 2.20. The van der Waals surface area contributed by atoms with Gasteiger partial charge in [-0.15, -0.1) is 6.61 Å². The minimum atomic E-state index is -2.22. The molecule has 3 heteroatoms. The molecule has 0 fully saturated rings. The Morgan fingerprint density at radius 3 is 1.33 bits per heavy atom. The summed E-state index contributed by atoms with van der Waals surface area (Å²) >= 11 is 0. The summed E-state index contributed by atoms with van der Waals surface area (Å²) in [6.07, 6.45) is 0.522. The third kappa shape index (κ3) is 3.42. The molecule has 0 atom stereocenters. The predicted octanol–water partition coefficient (Wildman–Crippen LogP) is 2.66. The standard InChI is InChI=1S/C21H21O2P/c22-17-10-18-23-24(19-11-4-1-5-12-19,20-13-6-2-7-14-20)21-15-8-3-9-16-21/h1-9,11-16H,10,17-18H2. The van der Waals surface area contributed by atoms with E-state index in [1.807, 2.05) is 54.6 Å². The van der Waals surface area contributed by atoms with Gasteiger partial charge in [-0.2, -0.15) is 0 Å². The van der Waals surface area contributed by atoms with E-state index in [4.69, 9.17) is 4.52 Å². The highest BCUT2D eigenvalue weighted by Gasteiger charge is 2.47. The monoisotopic (exact) mass is 336 g/mol. The zero-order valence-corrected chi connectivity index (χ0v) is 14.4. The molecule has 0 unspecified atom stereocenters. The maximum absolute atomic E-state index is 11.0. The summed E-state index contributed by atoms with van der Waals surface area (Å²) in [7, 11) is -2.22. The highest BCUT2D eigenvalue weighted by Crippen LogP contribution is 2.56. The third-order valence-corrected chi connectivity index (χ3v) is 7.58. The van der Waals surface area contributed by atoms with Crippen LogP contribution in [0.2, 0.25) is 0 Å². The highest BCUT2D eigenvalue weighted by molar-refractivity contribution is 7.91. The van der Waals surface area contributed by atoms with E-state index < -0.39 is 7.49 Å². The smallest absolute Gasteiger partial charge is 0.242 e. The van der Waals surface area contributed by atoms with Gasteiger partial charge >= 0.3 is 0 Å². The fourth-order valence-corrected chi connectivity index (χ4v) is 6.37. The van der Waals surface area contributed by atoms with E-state index >= 15 is 0 Å². The lowest BCUT2D eigenvalue weighted by molar-refractivity contribution is -0.368. The largest absolute Gasteiger partial charge is 0.854 e. The van der Waals surface area contributed by atoms with Crippen molar-refractivity contribution in [3.8, 4) is 0 Å². The molecule has 0 bridgehead atoms. The molecule has 0 N–H and O–H groups in total. The van der Waals surface area contributed by atoms with Gasteiger partial charge in [0.2, 0.25) is 7.49 Å². The van der Waals surface area contributed by atoms with Crippen molar-refractivity contribution in [3.63, 3.8) is 0 Å². The van der Waals surface area contributed by atoms with Crippen LogP contribution < -0.4 is 21.0 Å². The second-order valence-electron chi connectivity index (χ2n) is 5.51. The van der Waals surface area contributed by atoms with Gasteiger partial charge < -0.3 is 5.11 Å². The van der Waals surface area contributed by atoms with Crippen molar-refractivity contribution in [3.05, 3.63) is 91.0 Å². The minimum Gasteiger partial charge on any atom is -0.854 e. The molecule has 3 aromatic carbocycles. The van der Waals surface area contributed by atoms with Crippen LogP contribution in [0.1, 0.15) is 6.42 Å². The van der Waals surface area contributed by atoms with Crippen LogP contribution in [0.3, 0.4) is 0 Å². The highest BCUT2D eigenvalue weighted by atomic mass is 31.2. The predicted molar refractivity (Wildman–Crippen MR) is 101 cm³/mol. The molecule has 0 aromatic heterocycles. The first-order valence-corrected chi connectivity index (χ1v) is 9.87. The van der Waals surface area contributed by atoms with Gasteiger partial charge in [0.05, 0.1) is 6.61 Å². The summed E-state index contributed by atoms with van der Waals surface area (Å²) in [5, 5.41) is 14.5. The summed E-state index contributed by atoms with van der Waals surface area (Å²) < 4.78 is 6.54. The van der Waals surface area contributed by atoms with Crippen LogP contribution in [0.4, 0.5) is 0 Å². The fraction of sp³-hybridized carbons (Fsp3) is 0.143. The van der Waals surface area contributed by atoms with Crippen LogP contribution in [-0.2, 0) is 4.52 Å². The molecule has 24 heavy (non-hydrogen) atoms. The van der Waals surface area contributed by atoms with Crippen molar-refractivity contribution in [1.29, 1.82) is 0 Å².